The Morgan fingerprint density at radius 2 is 1.91 bits per heavy atom. The summed E-state index contributed by atoms with van der Waals surface area (Å²) in [4.78, 5) is 0. The molecule has 0 fully saturated rings. The molecule has 0 aromatic heterocycles. The monoisotopic (exact) mass is 338 g/mol. The van der Waals surface area contributed by atoms with Crippen molar-refractivity contribution in [3.63, 3.8) is 0 Å². The van der Waals surface area contributed by atoms with Crippen LogP contribution in [0.2, 0.25) is 0 Å². The van der Waals surface area contributed by atoms with Gasteiger partial charge in [0.2, 0.25) is 0 Å². The van der Waals surface area contributed by atoms with Crippen molar-refractivity contribution in [3.8, 4) is 18.1 Å². The van der Waals surface area contributed by atoms with E-state index in [1.54, 1.807) is 0 Å². The van der Waals surface area contributed by atoms with Gasteiger partial charge in [-0.1, -0.05) is 45.7 Å². The number of rotatable bonds is 10. The lowest BCUT2D eigenvalue weighted by molar-refractivity contribution is 0.122. The molecule has 0 heterocycles. The van der Waals surface area contributed by atoms with Crippen LogP contribution in [0.15, 0.2) is 24.3 Å². The van der Waals surface area contributed by atoms with Gasteiger partial charge in [0.25, 0.3) is 0 Å². The molecule has 2 unspecified atom stereocenters. The minimum absolute atomic E-state index is 0.0431. The first kappa shape index (κ1) is 19.7. The van der Waals surface area contributed by atoms with Crippen LogP contribution in [0.3, 0.4) is 0 Å². The lowest BCUT2D eigenvalue weighted by Crippen LogP contribution is -2.23. The normalized spacial score (nSPS) is 14.0. The van der Waals surface area contributed by atoms with Gasteiger partial charge in [-0.15, -0.1) is 6.42 Å². The van der Waals surface area contributed by atoms with Gasteiger partial charge in [-0.3, -0.25) is 8.37 Å². The molecule has 0 spiro atoms. The summed E-state index contributed by atoms with van der Waals surface area (Å²) in [5.74, 6) is 3.01. The summed E-state index contributed by atoms with van der Waals surface area (Å²) >= 11 is -1.85. The number of hydrogen-bond acceptors (Lipinski definition) is 4. The van der Waals surface area contributed by atoms with Crippen LogP contribution in [0.1, 0.15) is 46.1 Å². The highest BCUT2D eigenvalue weighted by Gasteiger charge is 2.18. The molecule has 0 aliphatic rings. The summed E-state index contributed by atoms with van der Waals surface area (Å²) in [6, 6.07) is 8.06. The number of hydrogen-bond donors (Lipinski definition) is 0. The predicted octanol–water partition coefficient (Wildman–Crippen LogP) is 3.78. The molecule has 23 heavy (non-hydrogen) atoms. The van der Waals surface area contributed by atoms with Gasteiger partial charge < -0.3 is 4.74 Å². The Hall–Kier alpha value is -1.35. The summed E-state index contributed by atoms with van der Waals surface area (Å²) in [5.41, 5.74) is 1.43. The molecule has 5 heteroatoms. The quantitative estimate of drug-likeness (QED) is 0.609. The Morgan fingerprint density at radius 3 is 2.43 bits per heavy atom. The number of ether oxygens (including phenoxy) is 1. The Balaban J connectivity index is 2.53. The van der Waals surface area contributed by atoms with Crippen molar-refractivity contribution in [1.29, 1.82) is 0 Å². The second-order valence-corrected chi connectivity index (χ2v) is 6.71. The molecule has 2 atom stereocenters. The third-order valence-corrected chi connectivity index (χ3v) is 4.60. The summed E-state index contributed by atoms with van der Waals surface area (Å²) in [6.07, 6.45) is 6.45. The van der Waals surface area contributed by atoms with Crippen LogP contribution in [-0.2, 0) is 25.1 Å². The molecule has 128 valence electrons. The fourth-order valence-corrected chi connectivity index (χ4v) is 2.46. The van der Waals surface area contributed by atoms with Crippen LogP contribution in [-0.4, -0.2) is 23.5 Å². The third kappa shape index (κ3) is 6.74. The van der Waals surface area contributed by atoms with E-state index in [0.717, 1.165) is 12.2 Å². The number of terminal acetylenes is 1. The standard InChI is InChI=1S/C18H26O4S/c1-6-13-21-23(19)22-16(7-2)14-20-17-11-9-15(10-12-17)18(4,5)8-3/h1,9-12,16H,7-8,13-14H2,2-5H3. The fraction of sp³-hybridized carbons (Fsp3) is 0.556. The van der Waals surface area contributed by atoms with Crippen LogP contribution in [0, 0.1) is 12.3 Å². The Morgan fingerprint density at radius 1 is 1.26 bits per heavy atom. The Kier molecular flexibility index (Phi) is 8.32. The summed E-state index contributed by atoms with van der Waals surface area (Å²) in [5, 5.41) is 0. The first-order valence-corrected chi connectivity index (χ1v) is 8.82. The topological polar surface area (TPSA) is 44.8 Å². The lowest BCUT2D eigenvalue weighted by atomic mass is 9.82. The van der Waals surface area contributed by atoms with Crippen molar-refractivity contribution in [3.05, 3.63) is 29.8 Å². The van der Waals surface area contributed by atoms with Crippen molar-refractivity contribution < 1.29 is 17.3 Å². The highest BCUT2D eigenvalue weighted by atomic mass is 32.2. The van der Waals surface area contributed by atoms with Crippen LogP contribution in [0.4, 0.5) is 0 Å². The second-order valence-electron chi connectivity index (χ2n) is 5.87. The zero-order valence-corrected chi connectivity index (χ0v) is 15.2. The molecule has 0 saturated carbocycles. The van der Waals surface area contributed by atoms with E-state index in [4.69, 9.17) is 19.5 Å². The zero-order chi connectivity index (χ0) is 17.3. The largest absolute Gasteiger partial charge is 0.491 e. The molecule has 0 radical (unpaired) electrons. The second kappa shape index (κ2) is 9.71. The molecule has 0 N–H and O–H groups in total. The molecule has 0 bridgehead atoms. The van der Waals surface area contributed by atoms with Gasteiger partial charge in [0.15, 0.2) is 0 Å². The minimum Gasteiger partial charge on any atom is -0.491 e. The molecule has 0 aliphatic carbocycles. The van der Waals surface area contributed by atoms with E-state index in [-0.39, 0.29) is 18.1 Å². The van der Waals surface area contributed by atoms with E-state index in [9.17, 15) is 4.21 Å². The zero-order valence-electron chi connectivity index (χ0n) is 14.3. The maximum Gasteiger partial charge on any atom is 0.305 e. The Labute approximate surface area is 142 Å². The van der Waals surface area contributed by atoms with Crippen molar-refractivity contribution in [2.45, 2.75) is 52.1 Å². The molecule has 0 amide bonds. The maximum absolute atomic E-state index is 11.5. The van der Waals surface area contributed by atoms with Crippen molar-refractivity contribution in [2.75, 3.05) is 13.2 Å². The van der Waals surface area contributed by atoms with Gasteiger partial charge in [-0.05, 0) is 36.0 Å². The van der Waals surface area contributed by atoms with Crippen molar-refractivity contribution in [1.82, 2.24) is 0 Å². The van der Waals surface area contributed by atoms with Crippen LogP contribution in [0.5, 0.6) is 5.75 Å². The van der Waals surface area contributed by atoms with Crippen LogP contribution in [0.25, 0.3) is 0 Å². The van der Waals surface area contributed by atoms with E-state index in [0.29, 0.717) is 13.0 Å². The average Bonchev–Trinajstić information content (AvgIpc) is 2.57. The lowest BCUT2D eigenvalue weighted by Gasteiger charge is -2.23. The first-order valence-electron chi connectivity index (χ1n) is 7.82. The van der Waals surface area contributed by atoms with E-state index in [2.05, 4.69) is 38.8 Å². The number of benzene rings is 1. The fourth-order valence-electron chi connectivity index (χ4n) is 1.83. The Bertz CT molecular complexity index is 531. The van der Waals surface area contributed by atoms with Gasteiger partial charge in [-0.2, -0.15) is 4.21 Å². The molecular formula is C18H26O4S. The van der Waals surface area contributed by atoms with Crippen LogP contribution < -0.4 is 4.74 Å². The minimum atomic E-state index is -1.85. The van der Waals surface area contributed by atoms with E-state index < -0.39 is 11.4 Å². The average molecular weight is 338 g/mol. The van der Waals surface area contributed by atoms with Crippen molar-refractivity contribution >= 4 is 11.4 Å². The third-order valence-electron chi connectivity index (χ3n) is 3.86. The van der Waals surface area contributed by atoms with Crippen molar-refractivity contribution in [2.24, 2.45) is 0 Å². The molecule has 1 aromatic carbocycles. The van der Waals surface area contributed by atoms with Gasteiger partial charge in [0, 0.05) is 0 Å². The maximum atomic E-state index is 11.5. The van der Waals surface area contributed by atoms with Gasteiger partial charge in [-0.25, -0.2) is 0 Å². The molecule has 0 aliphatic heterocycles. The summed E-state index contributed by atoms with van der Waals surface area (Å²) in [6.45, 7) is 8.80. The molecule has 0 saturated heterocycles. The smallest absolute Gasteiger partial charge is 0.305 e. The van der Waals surface area contributed by atoms with Gasteiger partial charge in [0.05, 0.1) is 0 Å². The highest BCUT2D eigenvalue weighted by molar-refractivity contribution is 7.75. The molecule has 1 rings (SSSR count). The first-order chi connectivity index (χ1) is 10.9. The van der Waals surface area contributed by atoms with E-state index in [1.807, 2.05) is 19.1 Å². The highest BCUT2D eigenvalue weighted by Crippen LogP contribution is 2.28. The molecule has 1 aromatic rings. The SMILES string of the molecule is C#CCOS(=O)OC(CC)COc1ccc(C(C)(C)CC)cc1. The van der Waals surface area contributed by atoms with Crippen LogP contribution >= 0.6 is 0 Å². The predicted molar refractivity (Wildman–Crippen MR) is 93.3 cm³/mol. The van der Waals surface area contributed by atoms with E-state index in [1.165, 1.54) is 5.56 Å². The summed E-state index contributed by atoms with van der Waals surface area (Å²) in [7, 11) is 0. The van der Waals surface area contributed by atoms with Gasteiger partial charge in [0.1, 0.15) is 25.1 Å². The summed E-state index contributed by atoms with van der Waals surface area (Å²) < 4.78 is 27.2. The van der Waals surface area contributed by atoms with Gasteiger partial charge >= 0.3 is 11.4 Å². The molecule has 4 nitrogen and oxygen atoms in total. The van der Waals surface area contributed by atoms with E-state index >= 15 is 0 Å². The molecular weight excluding hydrogens is 312 g/mol.